The molecule has 1 aliphatic heterocycles. The molecule has 0 radical (unpaired) electrons. The van der Waals surface area contributed by atoms with E-state index in [1.165, 1.54) is 0 Å². The zero-order valence-electron chi connectivity index (χ0n) is 11.7. The summed E-state index contributed by atoms with van der Waals surface area (Å²) in [5.41, 5.74) is 1.28. The maximum Gasteiger partial charge on any atom is 0.389 e. The second kappa shape index (κ2) is 6.92. The third-order valence-corrected chi connectivity index (χ3v) is 3.69. The molecule has 0 unspecified atom stereocenters. The van der Waals surface area contributed by atoms with Gasteiger partial charge in [-0.25, -0.2) is 0 Å². The second-order valence-electron chi connectivity index (χ2n) is 5.19. The van der Waals surface area contributed by atoms with Crippen molar-refractivity contribution in [2.75, 3.05) is 26.2 Å². The molecule has 1 saturated heterocycles. The number of hydrogen-bond acceptors (Lipinski definition) is 3. The summed E-state index contributed by atoms with van der Waals surface area (Å²) in [7, 11) is 0. The van der Waals surface area contributed by atoms with Gasteiger partial charge in [0.15, 0.2) is 0 Å². The van der Waals surface area contributed by atoms with E-state index in [0.29, 0.717) is 5.56 Å². The highest BCUT2D eigenvalue weighted by Gasteiger charge is 2.31. The minimum absolute atomic E-state index is 0.0262. The summed E-state index contributed by atoms with van der Waals surface area (Å²) in [6.07, 6.45) is -4.93. The highest BCUT2D eigenvalue weighted by atomic mass is 19.4. The van der Waals surface area contributed by atoms with Gasteiger partial charge in [-0.05, 0) is 24.1 Å². The summed E-state index contributed by atoms with van der Waals surface area (Å²) in [5.74, 6) is 0. The van der Waals surface area contributed by atoms with Crippen LogP contribution in [0.1, 0.15) is 30.0 Å². The van der Waals surface area contributed by atoms with Gasteiger partial charge < -0.3 is 5.32 Å². The SMILES string of the molecule is N#Cc1cccc([C@H](CCC(F)(F)F)N2CCNCC2)c1. The fraction of sp³-hybridized carbons (Fsp3) is 0.533. The Morgan fingerprint density at radius 2 is 2.00 bits per heavy atom. The van der Waals surface area contributed by atoms with Crippen LogP contribution >= 0.6 is 0 Å². The molecule has 1 aromatic rings. The van der Waals surface area contributed by atoms with Gasteiger partial charge in [-0.3, -0.25) is 4.90 Å². The zero-order chi connectivity index (χ0) is 15.3. The van der Waals surface area contributed by atoms with Crippen LogP contribution in [0, 0.1) is 11.3 Å². The topological polar surface area (TPSA) is 39.1 Å². The minimum atomic E-state index is -4.15. The summed E-state index contributed by atoms with van der Waals surface area (Å²) in [5, 5.41) is 12.2. The van der Waals surface area contributed by atoms with E-state index in [2.05, 4.69) is 10.2 Å². The molecule has 1 aromatic carbocycles. The molecule has 0 saturated carbocycles. The molecule has 0 aliphatic carbocycles. The molecule has 0 bridgehead atoms. The van der Waals surface area contributed by atoms with Gasteiger partial charge in [0, 0.05) is 38.6 Å². The lowest BCUT2D eigenvalue weighted by Crippen LogP contribution is -2.45. The molecule has 1 aliphatic rings. The van der Waals surface area contributed by atoms with Crippen molar-refractivity contribution >= 4 is 0 Å². The Balaban J connectivity index is 2.19. The van der Waals surface area contributed by atoms with Crippen molar-refractivity contribution < 1.29 is 13.2 Å². The standard InChI is InChI=1S/C15H18F3N3/c16-15(17,18)5-4-14(21-8-6-20-7-9-21)13-3-1-2-12(10-13)11-19/h1-3,10,14,20H,4-9H2/t14-/m0/s1. The minimum Gasteiger partial charge on any atom is -0.314 e. The average Bonchev–Trinajstić information content (AvgIpc) is 2.48. The van der Waals surface area contributed by atoms with Gasteiger partial charge in [-0.1, -0.05) is 12.1 Å². The summed E-state index contributed by atoms with van der Waals surface area (Å²) in [4.78, 5) is 2.07. The molecule has 0 aromatic heterocycles. The van der Waals surface area contributed by atoms with E-state index in [-0.39, 0.29) is 12.5 Å². The fourth-order valence-electron chi connectivity index (χ4n) is 2.67. The lowest BCUT2D eigenvalue weighted by atomic mass is 9.97. The summed E-state index contributed by atoms with van der Waals surface area (Å²) < 4.78 is 37.7. The third kappa shape index (κ3) is 4.73. The average molecular weight is 297 g/mol. The first kappa shape index (κ1) is 15.8. The second-order valence-corrected chi connectivity index (χ2v) is 5.19. The van der Waals surface area contributed by atoms with Gasteiger partial charge >= 0.3 is 6.18 Å². The van der Waals surface area contributed by atoms with E-state index in [4.69, 9.17) is 5.26 Å². The smallest absolute Gasteiger partial charge is 0.314 e. The van der Waals surface area contributed by atoms with E-state index in [0.717, 1.165) is 31.7 Å². The van der Waals surface area contributed by atoms with E-state index in [1.807, 2.05) is 12.1 Å². The molecule has 21 heavy (non-hydrogen) atoms. The Bertz CT molecular complexity index is 502. The number of alkyl halides is 3. The first-order chi connectivity index (χ1) is 9.99. The number of piperazine rings is 1. The number of halogens is 3. The maximum absolute atomic E-state index is 12.6. The molecule has 1 N–H and O–H groups in total. The van der Waals surface area contributed by atoms with Crippen molar-refractivity contribution in [2.45, 2.75) is 25.1 Å². The van der Waals surface area contributed by atoms with Gasteiger partial charge in [0.05, 0.1) is 11.6 Å². The summed E-state index contributed by atoms with van der Waals surface area (Å²) in [6.45, 7) is 3.00. The maximum atomic E-state index is 12.6. The zero-order valence-corrected chi connectivity index (χ0v) is 11.7. The lowest BCUT2D eigenvalue weighted by Gasteiger charge is -2.35. The van der Waals surface area contributed by atoms with Crippen LogP contribution in [0.25, 0.3) is 0 Å². The third-order valence-electron chi connectivity index (χ3n) is 3.69. The van der Waals surface area contributed by atoms with Crippen molar-refractivity contribution in [1.29, 1.82) is 5.26 Å². The van der Waals surface area contributed by atoms with Crippen LogP contribution in [0.2, 0.25) is 0 Å². The van der Waals surface area contributed by atoms with Crippen molar-refractivity contribution in [3.05, 3.63) is 35.4 Å². The largest absolute Gasteiger partial charge is 0.389 e. The molecule has 2 rings (SSSR count). The molecule has 0 spiro atoms. The van der Waals surface area contributed by atoms with Crippen molar-refractivity contribution in [3.63, 3.8) is 0 Å². The highest BCUT2D eigenvalue weighted by Crippen LogP contribution is 2.32. The predicted octanol–water partition coefficient (Wildman–Crippen LogP) is 2.85. The van der Waals surface area contributed by atoms with Crippen LogP contribution in [-0.2, 0) is 0 Å². The monoisotopic (exact) mass is 297 g/mol. The Morgan fingerprint density at radius 1 is 1.29 bits per heavy atom. The van der Waals surface area contributed by atoms with E-state index < -0.39 is 12.6 Å². The van der Waals surface area contributed by atoms with E-state index in [1.54, 1.807) is 18.2 Å². The number of nitrogens with zero attached hydrogens (tertiary/aromatic N) is 2. The number of hydrogen-bond donors (Lipinski definition) is 1. The van der Waals surface area contributed by atoms with Crippen LogP contribution in [-0.4, -0.2) is 37.3 Å². The van der Waals surface area contributed by atoms with Gasteiger partial charge in [0.25, 0.3) is 0 Å². The van der Waals surface area contributed by atoms with Crippen LogP contribution in [0.3, 0.4) is 0 Å². The van der Waals surface area contributed by atoms with Crippen molar-refractivity contribution in [2.24, 2.45) is 0 Å². The molecule has 3 nitrogen and oxygen atoms in total. The molecule has 6 heteroatoms. The number of nitrogens with one attached hydrogen (secondary N) is 1. The summed E-state index contributed by atoms with van der Waals surface area (Å²) in [6, 6.07) is 8.66. The molecular weight excluding hydrogens is 279 g/mol. The Kier molecular flexibility index (Phi) is 5.21. The molecule has 1 fully saturated rings. The van der Waals surface area contributed by atoms with Gasteiger partial charge in [-0.2, -0.15) is 18.4 Å². The van der Waals surface area contributed by atoms with Crippen LogP contribution in [0.5, 0.6) is 0 Å². The van der Waals surface area contributed by atoms with Crippen LogP contribution < -0.4 is 5.32 Å². The molecule has 1 heterocycles. The van der Waals surface area contributed by atoms with E-state index >= 15 is 0 Å². The van der Waals surface area contributed by atoms with Gasteiger partial charge in [0.1, 0.15) is 0 Å². The van der Waals surface area contributed by atoms with E-state index in [9.17, 15) is 13.2 Å². The van der Waals surface area contributed by atoms with Crippen molar-refractivity contribution in [1.82, 2.24) is 10.2 Å². The number of benzene rings is 1. The van der Waals surface area contributed by atoms with Gasteiger partial charge in [0.2, 0.25) is 0 Å². The Hall–Kier alpha value is -1.58. The quantitative estimate of drug-likeness (QED) is 0.929. The molecule has 0 amide bonds. The fourth-order valence-corrected chi connectivity index (χ4v) is 2.67. The van der Waals surface area contributed by atoms with Gasteiger partial charge in [-0.15, -0.1) is 0 Å². The predicted molar refractivity (Wildman–Crippen MR) is 73.6 cm³/mol. The van der Waals surface area contributed by atoms with Crippen LogP contribution in [0.4, 0.5) is 13.2 Å². The molecule has 1 atom stereocenters. The van der Waals surface area contributed by atoms with Crippen molar-refractivity contribution in [3.8, 4) is 6.07 Å². The Morgan fingerprint density at radius 3 is 2.62 bits per heavy atom. The molecular formula is C15H18F3N3. The Labute approximate surface area is 122 Å². The normalized spacial score (nSPS) is 18.2. The molecule has 114 valence electrons. The number of nitriles is 1. The van der Waals surface area contributed by atoms with Crippen LogP contribution in [0.15, 0.2) is 24.3 Å². The first-order valence-corrected chi connectivity index (χ1v) is 7.01. The highest BCUT2D eigenvalue weighted by molar-refractivity contribution is 5.34. The number of rotatable bonds is 4. The lowest BCUT2D eigenvalue weighted by molar-refractivity contribution is -0.138. The first-order valence-electron chi connectivity index (χ1n) is 7.01. The summed E-state index contributed by atoms with van der Waals surface area (Å²) >= 11 is 0.